The van der Waals surface area contributed by atoms with Crippen LogP contribution in [0.3, 0.4) is 0 Å². The van der Waals surface area contributed by atoms with E-state index in [0.717, 1.165) is 26.4 Å². The molecule has 0 aliphatic carbocycles. The molecule has 0 bridgehead atoms. The molecule has 4 rings (SSSR count). The minimum absolute atomic E-state index is 0.0873. The highest BCUT2D eigenvalue weighted by atomic mass is 16.6. The molecule has 2 atom stereocenters. The lowest BCUT2D eigenvalue weighted by molar-refractivity contribution is 0.102. The number of carbonyl (C=O) groups excluding carboxylic acids is 1. The minimum Gasteiger partial charge on any atom is -0.507 e. The number of hydrogen-bond acceptors (Lipinski definition) is 6. The Morgan fingerprint density at radius 3 is 1.64 bits per heavy atom. The summed E-state index contributed by atoms with van der Waals surface area (Å²) in [5, 5.41) is 19.1. The number of ether oxygens (including phenoxy) is 3. The van der Waals surface area contributed by atoms with E-state index in [1.54, 1.807) is 24.3 Å². The van der Waals surface area contributed by atoms with Crippen LogP contribution in [0.1, 0.15) is 15.9 Å². The summed E-state index contributed by atoms with van der Waals surface area (Å²) >= 11 is 0. The number of rotatable bonds is 6. The lowest BCUT2D eigenvalue weighted by Gasteiger charge is -2.04. The number of epoxide rings is 2. The van der Waals surface area contributed by atoms with Crippen molar-refractivity contribution < 1.29 is 29.2 Å². The van der Waals surface area contributed by atoms with Crippen LogP contribution in [0.25, 0.3) is 0 Å². The van der Waals surface area contributed by atoms with E-state index in [9.17, 15) is 15.0 Å². The highest BCUT2D eigenvalue weighted by Gasteiger charge is 2.26. The van der Waals surface area contributed by atoms with E-state index in [4.69, 9.17) is 14.2 Å². The smallest absolute Gasteiger partial charge is 0.200 e. The molecule has 2 aromatic carbocycles. The van der Waals surface area contributed by atoms with Gasteiger partial charge in [-0.15, -0.1) is 0 Å². The molecule has 2 aliphatic rings. The summed E-state index contributed by atoms with van der Waals surface area (Å²) < 4.78 is 15.1. The van der Waals surface area contributed by atoms with Gasteiger partial charge in [-0.2, -0.15) is 0 Å². The second-order valence-electron chi connectivity index (χ2n) is 5.81. The van der Waals surface area contributed by atoms with Crippen molar-refractivity contribution in [1.82, 2.24) is 0 Å². The minimum atomic E-state index is -0.392. The molecule has 0 aromatic heterocycles. The van der Waals surface area contributed by atoms with Crippen LogP contribution in [0.5, 0.6) is 11.5 Å². The van der Waals surface area contributed by atoms with Gasteiger partial charge in [0.25, 0.3) is 0 Å². The normalized spacial score (nSPS) is 20.3. The molecular formula is C19H20O6. The Morgan fingerprint density at radius 1 is 0.880 bits per heavy atom. The third-order valence-corrected chi connectivity index (χ3v) is 3.71. The van der Waals surface area contributed by atoms with Crippen molar-refractivity contribution in [3.63, 3.8) is 0 Å². The first kappa shape index (κ1) is 17.4. The maximum absolute atomic E-state index is 12.0. The van der Waals surface area contributed by atoms with Gasteiger partial charge >= 0.3 is 0 Å². The van der Waals surface area contributed by atoms with E-state index in [-0.39, 0.29) is 22.6 Å². The van der Waals surface area contributed by atoms with Gasteiger partial charge in [-0.05, 0) is 24.3 Å². The molecule has 2 fully saturated rings. The number of ketones is 1. The van der Waals surface area contributed by atoms with Crippen molar-refractivity contribution in [3.05, 3.63) is 59.7 Å². The van der Waals surface area contributed by atoms with Crippen molar-refractivity contribution in [2.24, 2.45) is 0 Å². The molecule has 0 saturated carbocycles. The van der Waals surface area contributed by atoms with Gasteiger partial charge in [-0.25, -0.2) is 0 Å². The summed E-state index contributed by atoms with van der Waals surface area (Å²) in [6.45, 7) is 3.26. The van der Waals surface area contributed by atoms with Crippen LogP contribution < -0.4 is 0 Å². The first-order chi connectivity index (χ1) is 12.1. The van der Waals surface area contributed by atoms with E-state index in [0.29, 0.717) is 12.2 Å². The van der Waals surface area contributed by atoms with Crippen LogP contribution in [0, 0.1) is 0 Å². The lowest BCUT2D eigenvalue weighted by Crippen LogP contribution is -2.06. The predicted molar refractivity (Wildman–Crippen MR) is 89.9 cm³/mol. The summed E-state index contributed by atoms with van der Waals surface area (Å²) in [7, 11) is 0. The molecule has 132 valence electrons. The van der Waals surface area contributed by atoms with Gasteiger partial charge in [0.05, 0.1) is 37.6 Å². The predicted octanol–water partition coefficient (Wildman–Crippen LogP) is 2.13. The molecule has 25 heavy (non-hydrogen) atoms. The van der Waals surface area contributed by atoms with Crippen molar-refractivity contribution in [2.45, 2.75) is 12.2 Å². The molecule has 0 radical (unpaired) electrons. The Bertz CT molecular complexity index is 662. The molecule has 2 N–H and O–H groups in total. The fraction of sp³-hybridized carbons (Fsp3) is 0.316. The van der Waals surface area contributed by atoms with Crippen molar-refractivity contribution in [3.8, 4) is 11.5 Å². The molecule has 6 heteroatoms. The fourth-order valence-corrected chi connectivity index (χ4v) is 2.14. The third-order valence-electron chi connectivity index (χ3n) is 3.71. The molecule has 2 saturated heterocycles. The maximum Gasteiger partial charge on any atom is 0.200 e. The van der Waals surface area contributed by atoms with Crippen LogP contribution >= 0.6 is 0 Å². The van der Waals surface area contributed by atoms with E-state index in [2.05, 4.69) is 0 Å². The first-order valence-corrected chi connectivity index (χ1v) is 8.07. The monoisotopic (exact) mass is 344 g/mol. The number of aromatic hydroxyl groups is 2. The molecule has 0 amide bonds. The van der Waals surface area contributed by atoms with E-state index in [1.807, 2.05) is 0 Å². The van der Waals surface area contributed by atoms with Crippen LogP contribution in [0.4, 0.5) is 0 Å². The molecule has 2 heterocycles. The number of phenolic OH excluding ortho intramolecular Hbond substituents is 2. The summed E-state index contributed by atoms with van der Waals surface area (Å²) in [5.74, 6) is -0.567. The molecule has 2 unspecified atom stereocenters. The highest BCUT2D eigenvalue weighted by molar-refractivity contribution is 6.12. The second kappa shape index (κ2) is 8.11. The Kier molecular flexibility index (Phi) is 5.65. The Balaban J connectivity index is 0.000000170. The first-order valence-electron chi connectivity index (χ1n) is 8.07. The van der Waals surface area contributed by atoms with Gasteiger partial charge in [0.15, 0.2) is 5.78 Å². The molecule has 0 spiro atoms. The van der Waals surface area contributed by atoms with Crippen molar-refractivity contribution in [2.75, 3.05) is 26.4 Å². The van der Waals surface area contributed by atoms with Gasteiger partial charge in [0.2, 0.25) is 0 Å². The van der Waals surface area contributed by atoms with Crippen LogP contribution in [-0.4, -0.2) is 54.6 Å². The van der Waals surface area contributed by atoms with Crippen LogP contribution in [0.2, 0.25) is 0 Å². The SMILES string of the molecule is C(OCC1CO1)C1CO1.O=C(c1ccccc1O)c1ccccc1O. The zero-order valence-electron chi connectivity index (χ0n) is 13.6. The van der Waals surface area contributed by atoms with Gasteiger partial charge < -0.3 is 24.4 Å². The summed E-state index contributed by atoms with van der Waals surface area (Å²) in [5.41, 5.74) is 0.369. The average Bonchev–Trinajstić information content (AvgIpc) is 3.51. The number of benzene rings is 2. The molecule has 6 nitrogen and oxygen atoms in total. The largest absolute Gasteiger partial charge is 0.507 e. The Morgan fingerprint density at radius 2 is 1.28 bits per heavy atom. The lowest BCUT2D eigenvalue weighted by atomic mass is 10.0. The highest BCUT2D eigenvalue weighted by Crippen LogP contribution is 2.24. The van der Waals surface area contributed by atoms with E-state index < -0.39 is 5.78 Å². The number of carbonyl (C=O) groups is 1. The number of hydrogen-bond donors (Lipinski definition) is 2. The summed E-state index contributed by atoms with van der Waals surface area (Å²) in [4.78, 5) is 12.0. The topological polar surface area (TPSA) is 91.8 Å². The second-order valence-corrected chi connectivity index (χ2v) is 5.81. The van der Waals surface area contributed by atoms with Gasteiger partial charge in [-0.3, -0.25) is 4.79 Å². The van der Waals surface area contributed by atoms with Crippen molar-refractivity contribution in [1.29, 1.82) is 0 Å². The average molecular weight is 344 g/mol. The number of para-hydroxylation sites is 2. The zero-order valence-corrected chi connectivity index (χ0v) is 13.6. The zero-order chi connectivity index (χ0) is 17.6. The Hall–Kier alpha value is -2.41. The van der Waals surface area contributed by atoms with E-state index >= 15 is 0 Å². The Labute approximate surface area is 145 Å². The summed E-state index contributed by atoms with van der Waals surface area (Å²) in [6.07, 6.45) is 0.785. The molecule has 2 aliphatic heterocycles. The molecule has 2 aromatic rings. The van der Waals surface area contributed by atoms with Gasteiger partial charge in [0, 0.05) is 0 Å². The van der Waals surface area contributed by atoms with E-state index in [1.165, 1.54) is 24.3 Å². The quantitative estimate of drug-likeness (QED) is 0.616. The third kappa shape index (κ3) is 5.29. The van der Waals surface area contributed by atoms with Gasteiger partial charge in [-0.1, -0.05) is 24.3 Å². The summed E-state index contributed by atoms with van der Waals surface area (Å²) in [6, 6.07) is 12.5. The van der Waals surface area contributed by atoms with Crippen LogP contribution in [0.15, 0.2) is 48.5 Å². The standard InChI is InChI=1S/C13H10O3.C6H10O3/c14-11-7-3-1-5-9(11)13(16)10-6-2-4-8-12(10)15;1(5-3-8-5)7-2-6-4-9-6/h1-8,14-15H;5-6H,1-4H2. The molecular weight excluding hydrogens is 324 g/mol. The fourth-order valence-electron chi connectivity index (χ4n) is 2.14. The maximum atomic E-state index is 12.0. The van der Waals surface area contributed by atoms with Gasteiger partial charge in [0.1, 0.15) is 23.7 Å². The van der Waals surface area contributed by atoms with Crippen LogP contribution in [-0.2, 0) is 14.2 Å². The van der Waals surface area contributed by atoms with Crippen molar-refractivity contribution >= 4 is 5.78 Å². The number of phenols is 2.